The van der Waals surface area contributed by atoms with E-state index in [4.69, 9.17) is 0 Å². The molecule has 1 fully saturated rings. The van der Waals surface area contributed by atoms with Gasteiger partial charge in [-0.05, 0) is 31.6 Å². The second-order valence-electron chi connectivity index (χ2n) is 6.93. The lowest BCUT2D eigenvalue weighted by atomic mass is 9.79. The molecule has 1 aliphatic rings. The van der Waals surface area contributed by atoms with Crippen LogP contribution in [0.2, 0.25) is 0 Å². The SMILES string of the molecule is CC1CCC(O)(CNc2nc(C(C)(C)C)ns2)CC1. The van der Waals surface area contributed by atoms with Crippen molar-refractivity contribution < 1.29 is 5.11 Å². The average molecular weight is 283 g/mol. The number of aromatic nitrogens is 2. The van der Waals surface area contributed by atoms with E-state index in [-0.39, 0.29) is 5.41 Å². The van der Waals surface area contributed by atoms with Gasteiger partial charge in [-0.3, -0.25) is 0 Å². The van der Waals surface area contributed by atoms with Crippen molar-refractivity contribution in [2.24, 2.45) is 5.92 Å². The Kier molecular flexibility index (Phi) is 4.16. The molecule has 108 valence electrons. The number of aliphatic hydroxyl groups is 1. The largest absolute Gasteiger partial charge is 0.388 e. The Morgan fingerprint density at radius 3 is 2.53 bits per heavy atom. The van der Waals surface area contributed by atoms with E-state index < -0.39 is 5.60 Å². The first kappa shape index (κ1) is 14.7. The zero-order valence-corrected chi connectivity index (χ0v) is 13.2. The highest BCUT2D eigenvalue weighted by molar-refractivity contribution is 7.09. The van der Waals surface area contributed by atoms with Gasteiger partial charge in [0.2, 0.25) is 5.13 Å². The van der Waals surface area contributed by atoms with Crippen LogP contribution in [0.3, 0.4) is 0 Å². The van der Waals surface area contributed by atoms with Crippen molar-refractivity contribution in [2.75, 3.05) is 11.9 Å². The lowest BCUT2D eigenvalue weighted by molar-refractivity contribution is 0.00501. The highest BCUT2D eigenvalue weighted by Gasteiger charge is 2.32. The van der Waals surface area contributed by atoms with Gasteiger partial charge >= 0.3 is 0 Å². The molecule has 0 unspecified atom stereocenters. The van der Waals surface area contributed by atoms with Crippen molar-refractivity contribution >= 4 is 16.7 Å². The van der Waals surface area contributed by atoms with Crippen LogP contribution < -0.4 is 5.32 Å². The van der Waals surface area contributed by atoms with Crippen LogP contribution in [0.1, 0.15) is 59.2 Å². The molecule has 0 atom stereocenters. The van der Waals surface area contributed by atoms with Gasteiger partial charge in [0.05, 0.1) is 5.60 Å². The summed E-state index contributed by atoms with van der Waals surface area (Å²) in [5, 5.41) is 14.6. The van der Waals surface area contributed by atoms with Gasteiger partial charge in [-0.15, -0.1) is 0 Å². The predicted molar refractivity (Wildman–Crippen MR) is 79.7 cm³/mol. The Morgan fingerprint density at radius 2 is 2.00 bits per heavy atom. The smallest absolute Gasteiger partial charge is 0.202 e. The zero-order chi connectivity index (χ0) is 14.1. The summed E-state index contributed by atoms with van der Waals surface area (Å²) in [5.41, 5.74) is -0.590. The van der Waals surface area contributed by atoms with Crippen molar-refractivity contribution in [3.05, 3.63) is 5.82 Å². The fourth-order valence-corrected chi connectivity index (χ4v) is 3.07. The Labute approximate surface area is 119 Å². The van der Waals surface area contributed by atoms with Gasteiger partial charge < -0.3 is 10.4 Å². The Morgan fingerprint density at radius 1 is 1.37 bits per heavy atom. The van der Waals surface area contributed by atoms with Crippen LogP contribution in [-0.2, 0) is 5.41 Å². The van der Waals surface area contributed by atoms with Crippen molar-refractivity contribution in [3.8, 4) is 0 Å². The van der Waals surface area contributed by atoms with E-state index in [1.165, 1.54) is 11.5 Å². The molecule has 5 heteroatoms. The fourth-order valence-electron chi connectivity index (χ4n) is 2.32. The van der Waals surface area contributed by atoms with Crippen molar-refractivity contribution in [1.82, 2.24) is 9.36 Å². The van der Waals surface area contributed by atoms with Crippen LogP contribution in [0, 0.1) is 5.92 Å². The maximum atomic E-state index is 10.5. The quantitative estimate of drug-likeness (QED) is 0.894. The third-order valence-corrected chi connectivity index (χ3v) is 4.54. The molecular weight excluding hydrogens is 258 g/mol. The lowest BCUT2D eigenvalue weighted by Gasteiger charge is -2.34. The number of anilines is 1. The van der Waals surface area contributed by atoms with E-state index in [1.54, 1.807) is 0 Å². The van der Waals surface area contributed by atoms with Crippen molar-refractivity contribution in [1.29, 1.82) is 0 Å². The molecule has 0 aliphatic heterocycles. The molecule has 1 saturated carbocycles. The molecule has 1 heterocycles. The molecule has 0 amide bonds. The summed E-state index contributed by atoms with van der Waals surface area (Å²) in [4.78, 5) is 4.50. The van der Waals surface area contributed by atoms with Gasteiger partial charge in [0, 0.05) is 23.5 Å². The molecule has 0 aromatic carbocycles. The van der Waals surface area contributed by atoms with E-state index in [0.717, 1.165) is 42.6 Å². The second kappa shape index (κ2) is 5.37. The van der Waals surface area contributed by atoms with Crippen LogP contribution in [0.25, 0.3) is 0 Å². The minimum absolute atomic E-state index is 0.0202. The van der Waals surface area contributed by atoms with E-state index in [0.29, 0.717) is 6.54 Å². The second-order valence-corrected chi connectivity index (χ2v) is 7.69. The topological polar surface area (TPSA) is 58.0 Å². The van der Waals surface area contributed by atoms with Crippen LogP contribution in [-0.4, -0.2) is 26.6 Å². The molecule has 0 spiro atoms. The first-order valence-electron chi connectivity index (χ1n) is 7.09. The molecule has 1 aromatic heterocycles. The molecule has 2 N–H and O–H groups in total. The first-order valence-corrected chi connectivity index (χ1v) is 7.86. The van der Waals surface area contributed by atoms with Gasteiger partial charge in [0.15, 0.2) is 0 Å². The average Bonchev–Trinajstić information content (AvgIpc) is 2.80. The minimum Gasteiger partial charge on any atom is -0.388 e. The molecule has 4 nitrogen and oxygen atoms in total. The maximum absolute atomic E-state index is 10.5. The van der Waals surface area contributed by atoms with Crippen LogP contribution >= 0.6 is 11.5 Å². The van der Waals surface area contributed by atoms with E-state index in [9.17, 15) is 5.11 Å². The normalized spacial score (nSPS) is 28.4. The third kappa shape index (κ3) is 3.89. The summed E-state index contributed by atoms with van der Waals surface area (Å²) in [7, 11) is 0. The first-order chi connectivity index (χ1) is 8.78. The van der Waals surface area contributed by atoms with E-state index in [1.807, 2.05) is 0 Å². The summed E-state index contributed by atoms with van der Waals surface area (Å²) >= 11 is 1.38. The van der Waals surface area contributed by atoms with Gasteiger partial charge in [0.1, 0.15) is 5.82 Å². The summed E-state index contributed by atoms with van der Waals surface area (Å²) < 4.78 is 4.37. The predicted octanol–water partition coefficient (Wildman–Crippen LogP) is 3.19. The lowest BCUT2D eigenvalue weighted by Crippen LogP contribution is -2.40. The van der Waals surface area contributed by atoms with Gasteiger partial charge in [-0.1, -0.05) is 27.7 Å². The highest BCUT2D eigenvalue weighted by atomic mass is 32.1. The van der Waals surface area contributed by atoms with Crippen LogP contribution in [0.5, 0.6) is 0 Å². The molecule has 19 heavy (non-hydrogen) atoms. The van der Waals surface area contributed by atoms with Gasteiger partial charge in [-0.25, -0.2) is 4.98 Å². The molecule has 0 saturated heterocycles. The molecular formula is C14H25N3OS. The Hall–Kier alpha value is -0.680. The Bertz CT molecular complexity index is 417. The summed E-state index contributed by atoms with van der Waals surface area (Å²) in [6.45, 7) is 9.16. The monoisotopic (exact) mass is 283 g/mol. The number of rotatable bonds is 3. The third-order valence-electron chi connectivity index (χ3n) is 3.87. The van der Waals surface area contributed by atoms with Crippen molar-refractivity contribution in [2.45, 2.75) is 64.4 Å². The fraction of sp³-hybridized carbons (Fsp3) is 0.857. The maximum Gasteiger partial charge on any atom is 0.202 e. The summed E-state index contributed by atoms with van der Waals surface area (Å²) in [5.74, 6) is 1.61. The Balaban J connectivity index is 1.90. The van der Waals surface area contributed by atoms with E-state index in [2.05, 4.69) is 42.4 Å². The molecule has 0 bridgehead atoms. The molecule has 1 aromatic rings. The summed E-state index contributed by atoms with van der Waals surface area (Å²) in [6, 6.07) is 0. The molecule has 2 rings (SSSR count). The van der Waals surface area contributed by atoms with Crippen LogP contribution in [0.4, 0.5) is 5.13 Å². The standard InChI is InChI=1S/C14H25N3OS/c1-10-5-7-14(18,8-6-10)9-15-12-16-11(17-19-12)13(2,3)4/h10,18H,5-9H2,1-4H3,(H,15,16,17). The zero-order valence-electron chi connectivity index (χ0n) is 12.4. The number of hydrogen-bond acceptors (Lipinski definition) is 5. The minimum atomic E-state index is -0.569. The molecule has 1 aliphatic carbocycles. The molecule has 0 radical (unpaired) electrons. The van der Waals surface area contributed by atoms with Gasteiger partial charge in [-0.2, -0.15) is 4.37 Å². The number of nitrogens with zero attached hydrogens (tertiary/aromatic N) is 2. The van der Waals surface area contributed by atoms with Crippen molar-refractivity contribution in [3.63, 3.8) is 0 Å². The number of nitrogens with one attached hydrogen (secondary N) is 1. The van der Waals surface area contributed by atoms with E-state index >= 15 is 0 Å². The highest BCUT2D eigenvalue weighted by Crippen LogP contribution is 2.32. The van der Waals surface area contributed by atoms with Crippen LogP contribution in [0.15, 0.2) is 0 Å². The summed E-state index contributed by atoms with van der Waals surface area (Å²) in [6.07, 6.45) is 3.99. The van der Waals surface area contributed by atoms with Gasteiger partial charge in [0.25, 0.3) is 0 Å². The number of hydrogen-bond donors (Lipinski definition) is 2.